The fourth-order valence-electron chi connectivity index (χ4n) is 4.04. The van der Waals surface area contributed by atoms with E-state index in [4.69, 9.17) is 0 Å². The Morgan fingerprint density at radius 3 is 2.77 bits per heavy atom. The molecule has 2 amide bonds. The Labute approximate surface area is 153 Å². The summed E-state index contributed by atoms with van der Waals surface area (Å²) in [5.74, 6) is 2.03. The molecule has 2 unspecified atom stereocenters. The first-order chi connectivity index (χ1) is 12.7. The summed E-state index contributed by atoms with van der Waals surface area (Å²) in [5, 5.41) is 10.8. The highest BCUT2D eigenvalue weighted by atomic mass is 16.2. The van der Waals surface area contributed by atoms with Gasteiger partial charge in [-0.2, -0.15) is 5.10 Å². The molecule has 0 bridgehead atoms. The molecule has 1 aromatic heterocycles. The zero-order valence-electron chi connectivity index (χ0n) is 15.2. The molecule has 0 aliphatic carbocycles. The number of aromatic nitrogens is 3. The summed E-state index contributed by atoms with van der Waals surface area (Å²) in [5.41, 5.74) is 1.75. The second-order valence-corrected chi connectivity index (χ2v) is 7.35. The van der Waals surface area contributed by atoms with Crippen LogP contribution in [0.5, 0.6) is 0 Å². The lowest BCUT2D eigenvalue weighted by atomic mass is 9.85. The second kappa shape index (κ2) is 7.45. The standard InChI is InChI=1S/C19H26N6O/c1-24-13-21-18(23-24)14-4-6-17(7-5-14)22-19(26)25-10-2-3-16(12-25)15-8-9-20-11-15/h4-7,13,15-16,20H,2-3,8-12H2,1H3,(H,22,26). The fraction of sp³-hybridized carbons (Fsp3) is 0.526. The van der Waals surface area contributed by atoms with E-state index in [-0.39, 0.29) is 6.03 Å². The summed E-state index contributed by atoms with van der Waals surface area (Å²) in [4.78, 5) is 18.9. The number of anilines is 1. The molecule has 26 heavy (non-hydrogen) atoms. The van der Waals surface area contributed by atoms with Crippen LogP contribution in [0.4, 0.5) is 10.5 Å². The maximum Gasteiger partial charge on any atom is 0.321 e. The van der Waals surface area contributed by atoms with Crippen molar-refractivity contribution in [1.82, 2.24) is 25.0 Å². The van der Waals surface area contributed by atoms with Gasteiger partial charge in [-0.25, -0.2) is 9.78 Å². The molecule has 2 saturated heterocycles. The third kappa shape index (κ3) is 3.72. The predicted molar refractivity (Wildman–Crippen MR) is 101 cm³/mol. The minimum Gasteiger partial charge on any atom is -0.324 e. The first-order valence-electron chi connectivity index (χ1n) is 9.42. The second-order valence-electron chi connectivity index (χ2n) is 7.35. The van der Waals surface area contributed by atoms with Crippen molar-refractivity contribution in [2.24, 2.45) is 18.9 Å². The molecular formula is C19H26N6O. The first-order valence-corrected chi connectivity index (χ1v) is 9.42. The van der Waals surface area contributed by atoms with Gasteiger partial charge in [0.1, 0.15) is 6.33 Å². The van der Waals surface area contributed by atoms with Gasteiger partial charge in [-0.1, -0.05) is 0 Å². The number of urea groups is 1. The van der Waals surface area contributed by atoms with Crippen molar-refractivity contribution >= 4 is 11.7 Å². The van der Waals surface area contributed by atoms with E-state index in [9.17, 15) is 4.79 Å². The average molecular weight is 354 g/mol. The number of hydrogen-bond acceptors (Lipinski definition) is 4. The lowest BCUT2D eigenvalue weighted by molar-refractivity contribution is 0.154. The molecule has 2 fully saturated rings. The minimum atomic E-state index is 0.00404. The van der Waals surface area contributed by atoms with Crippen LogP contribution in [-0.4, -0.2) is 51.9 Å². The Hall–Kier alpha value is -2.41. The zero-order chi connectivity index (χ0) is 17.9. The van der Waals surface area contributed by atoms with Crippen molar-refractivity contribution < 1.29 is 4.79 Å². The highest BCUT2D eigenvalue weighted by Gasteiger charge is 2.30. The van der Waals surface area contributed by atoms with Gasteiger partial charge in [-0.3, -0.25) is 4.68 Å². The van der Waals surface area contributed by atoms with Gasteiger partial charge >= 0.3 is 6.03 Å². The van der Waals surface area contributed by atoms with Crippen molar-refractivity contribution in [3.05, 3.63) is 30.6 Å². The summed E-state index contributed by atoms with van der Waals surface area (Å²) < 4.78 is 1.68. The van der Waals surface area contributed by atoms with Gasteiger partial charge in [0.15, 0.2) is 5.82 Å². The summed E-state index contributed by atoms with van der Waals surface area (Å²) in [7, 11) is 1.85. The molecule has 2 aromatic rings. The Morgan fingerprint density at radius 1 is 1.23 bits per heavy atom. The molecule has 0 radical (unpaired) electrons. The van der Waals surface area contributed by atoms with Gasteiger partial charge in [0.05, 0.1) is 0 Å². The Morgan fingerprint density at radius 2 is 2.08 bits per heavy atom. The molecule has 1 aromatic carbocycles. The number of aryl methyl sites for hydroxylation is 1. The van der Waals surface area contributed by atoms with Crippen LogP contribution in [0.25, 0.3) is 11.4 Å². The molecule has 2 aliphatic rings. The quantitative estimate of drug-likeness (QED) is 0.887. The molecular weight excluding hydrogens is 328 g/mol. The van der Waals surface area contributed by atoms with Crippen LogP contribution in [0.1, 0.15) is 19.3 Å². The zero-order valence-corrected chi connectivity index (χ0v) is 15.2. The SMILES string of the molecule is Cn1cnc(-c2ccc(NC(=O)N3CCCC(C4CCNC4)C3)cc2)n1. The molecule has 4 rings (SSSR count). The number of hydrogen-bond donors (Lipinski definition) is 2. The lowest BCUT2D eigenvalue weighted by Gasteiger charge is -2.35. The van der Waals surface area contributed by atoms with E-state index in [1.165, 1.54) is 12.8 Å². The fourth-order valence-corrected chi connectivity index (χ4v) is 4.04. The van der Waals surface area contributed by atoms with E-state index in [1.807, 2.05) is 36.2 Å². The molecule has 7 nitrogen and oxygen atoms in total. The van der Waals surface area contributed by atoms with Crippen molar-refractivity contribution in [2.75, 3.05) is 31.5 Å². The normalized spacial score (nSPS) is 23.2. The summed E-state index contributed by atoms with van der Waals surface area (Å²) in [6.07, 6.45) is 5.25. The highest BCUT2D eigenvalue weighted by Crippen LogP contribution is 2.28. The van der Waals surface area contributed by atoms with Crippen LogP contribution in [0, 0.1) is 11.8 Å². The number of nitrogens with zero attached hydrogens (tertiary/aromatic N) is 4. The van der Waals surface area contributed by atoms with Crippen molar-refractivity contribution in [3.63, 3.8) is 0 Å². The number of likely N-dealkylation sites (tertiary alicyclic amines) is 1. The molecule has 0 spiro atoms. The highest BCUT2D eigenvalue weighted by molar-refractivity contribution is 5.89. The van der Waals surface area contributed by atoms with E-state index >= 15 is 0 Å². The van der Waals surface area contributed by atoms with Gasteiger partial charge in [-0.05, 0) is 68.5 Å². The maximum atomic E-state index is 12.7. The van der Waals surface area contributed by atoms with E-state index in [1.54, 1.807) is 11.0 Å². The van der Waals surface area contributed by atoms with E-state index in [0.29, 0.717) is 11.7 Å². The van der Waals surface area contributed by atoms with E-state index in [2.05, 4.69) is 20.7 Å². The van der Waals surface area contributed by atoms with E-state index < -0.39 is 0 Å². The van der Waals surface area contributed by atoms with Crippen LogP contribution in [-0.2, 0) is 7.05 Å². The Bertz CT molecular complexity index is 750. The Kier molecular flexibility index (Phi) is 4.88. The molecule has 2 aliphatic heterocycles. The topological polar surface area (TPSA) is 75.1 Å². The number of rotatable bonds is 3. The Balaban J connectivity index is 1.36. The summed E-state index contributed by atoms with van der Waals surface area (Å²) in [6.45, 7) is 3.93. The van der Waals surface area contributed by atoms with Gasteiger partial charge in [0, 0.05) is 31.4 Å². The molecule has 138 valence electrons. The molecule has 3 heterocycles. The van der Waals surface area contributed by atoms with Crippen LogP contribution < -0.4 is 10.6 Å². The number of carbonyl (C=O) groups is 1. The number of amides is 2. The van der Waals surface area contributed by atoms with Crippen molar-refractivity contribution in [3.8, 4) is 11.4 Å². The largest absolute Gasteiger partial charge is 0.324 e. The maximum absolute atomic E-state index is 12.7. The third-order valence-electron chi connectivity index (χ3n) is 5.50. The third-order valence-corrected chi connectivity index (χ3v) is 5.50. The van der Waals surface area contributed by atoms with Gasteiger partial charge in [-0.15, -0.1) is 0 Å². The van der Waals surface area contributed by atoms with Crippen LogP contribution >= 0.6 is 0 Å². The van der Waals surface area contributed by atoms with Gasteiger partial charge in [0.2, 0.25) is 0 Å². The number of carbonyl (C=O) groups excluding carboxylic acids is 1. The van der Waals surface area contributed by atoms with E-state index in [0.717, 1.165) is 49.8 Å². The molecule has 7 heteroatoms. The summed E-state index contributed by atoms with van der Waals surface area (Å²) in [6, 6.07) is 7.70. The van der Waals surface area contributed by atoms with Gasteiger partial charge < -0.3 is 15.5 Å². The summed E-state index contributed by atoms with van der Waals surface area (Å²) >= 11 is 0. The predicted octanol–water partition coefficient (Wildman–Crippen LogP) is 2.34. The van der Waals surface area contributed by atoms with Crippen LogP contribution in [0.15, 0.2) is 30.6 Å². The molecule has 2 N–H and O–H groups in total. The van der Waals surface area contributed by atoms with Gasteiger partial charge in [0.25, 0.3) is 0 Å². The number of piperidine rings is 1. The minimum absolute atomic E-state index is 0.00404. The number of nitrogens with one attached hydrogen (secondary N) is 2. The number of benzene rings is 1. The van der Waals surface area contributed by atoms with Crippen LogP contribution in [0.3, 0.4) is 0 Å². The van der Waals surface area contributed by atoms with Crippen molar-refractivity contribution in [2.45, 2.75) is 19.3 Å². The molecule has 2 atom stereocenters. The van der Waals surface area contributed by atoms with Crippen molar-refractivity contribution in [1.29, 1.82) is 0 Å². The lowest BCUT2D eigenvalue weighted by Crippen LogP contribution is -2.44. The average Bonchev–Trinajstić information content (AvgIpc) is 3.34. The monoisotopic (exact) mass is 354 g/mol. The smallest absolute Gasteiger partial charge is 0.321 e. The van der Waals surface area contributed by atoms with Crippen LogP contribution in [0.2, 0.25) is 0 Å². The first kappa shape index (κ1) is 17.0. The molecule has 0 saturated carbocycles.